The van der Waals surface area contributed by atoms with E-state index in [-0.39, 0.29) is 12.0 Å². The number of carbonyl (C=O) groups excluding carboxylic acids is 1. The van der Waals surface area contributed by atoms with Gasteiger partial charge < -0.3 is 5.73 Å². The zero-order chi connectivity index (χ0) is 10.7. The number of ketones is 1. The molecule has 0 spiro atoms. The predicted octanol–water partition coefficient (Wildman–Crippen LogP) is 2.43. The van der Waals surface area contributed by atoms with Crippen LogP contribution in [0.4, 0.5) is 0 Å². The highest BCUT2D eigenvalue weighted by Crippen LogP contribution is 2.29. The van der Waals surface area contributed by atoms with Crippen LogP contribution in [-0.4, -0.2) is 11.8 Å². The minimum atomic E-state index is 0.116. The van der Waals surface area contributed by atoms with Crippen molar-refractivity contribution in [3.8, 4) is 0 Å². The Labute approximate surface area is 91.9 Å². The van der Waals surface area contributed by atoms with E-state index in [1.54, 1.807) is 0 Å². The van der Waals surface area contributed by atoms with Crippen molar-refractivity contribution >= 4 is 5.78 Å². The van der Waals surface area contributed by atoms with Crippen molar-refractivity contribution in [3.05, 3.63) is 12.2 Å². The smallest absolute Gasteiger partial charge is 0.140 e. The summed E-state index contributed by atoms with van der Waals surface area (Å²) in [4.78, 5) is 12.0. The maximum atomic E-state index is 12.0. The minimum Gasteiger partial charge on any atom is -0.324 e. The molecular weight excluding hydrogens is 186 g/mol. The quantitative estimate of drug-likeness (QED) is 0.722. The summed E-state index contributed by atoms with van der Waals surface area (Å²) < 4.78 is 0. The molecule has 0 aliphatic heterocycles. The third-order valence-corrected chi connectivity index (χ3v) is 3.74. The number of hydrogen-bond donors (Lipinski definition) is 1. The van der Waals surface area contributed by atoms with Crippen molar-refractivity contribution < 1.29 is 4.79 Å². The Morgan fingerprint density at radius 3 is 2.53 bits per heavy atom. The van der Waals surface area contributed by atoms with Crippen LogP contribution >= 0.6 is 0 Å². The summed E-state index contributed by atoms with van der Waals surface area (Å²) in [5.74, 6) is 1.21. The summed E-state index contributed by atoms with van der Waals surface area (Å²) >= 11 is 0. The first-order valence-corrected chi connectivity index (χ1v) is 6.22. The van der Waals surface area contributed by atoms with Gasteiger partial charge in [-0.05, 0) is 12.3 Å². The maximum Gasteiger partial charge on any atom is 0.140 e. The zero-order valence-electron chi connectivity index (χ0n) is 9.32. The lowest BCUT2D eigenvalue weighted by atomic mass is 9.83. The third kappa shape index (κ3) is 2.91. The number of rotatable bonds is 3. The van der Waals surface area contributed by atoms with Crippen LogP contribution in [-0.2, 0) is 4.79 Å². The van der Waals surface area contributed by atoms with Crippen LogP contribution in [0.2, 0.25) is 0 Å². The van der Waals surface area contributed by atoms with E-state index in [4.69, 9.17) is 5.73 Å². The molecule has 2 atom stereocenters. The van der Waals surface area contributed by atoms with Gasteiger partial charge >= 0.3 is 0 Å². The molecule has 2 aliphatic rings. The van der Waals surface area contributed by atoms with Crippen LogP contribution < -0.4 is 5.73 Å². The zero-order valence-corrected chi connectivity index (χ0v) is 9.32. The van der Waals surface area contributed by atoms with E-state index in [9.17, 15) is 4.79 Å². The van der Waals surface area contributed by atoms with Gasteiger partial charge in [-0.2, -0.15) is 0 Å². The summed E-state index contributed by atoms with van der Waals surface area (Å²) in [6, 6.07) is 0.116. The first-order valence-electron chi connectivity index (χ1n) is 6.22. The fraction of sp³-hybridized carbons (Fsp3) is 0.769. The number of hydrogen-bond acceptors (Lipinski definition) is 2. The Bertz CT molecular complexity index is 253. The molecule has 2 rings (SSSR count). The predicted molar refractivity (Wildman–Crippen MR) is 61.4 cm³/mol. The van der Waals surface area contributed by atoms with E-state index in [0.717, 1.165) is 12.8 Å². The van der Waals surface area contributed by atoms with Gasteiger partial charge in [-0.1, -0.05) is 44.3 Å². The number of Topliss-reactive ketones (excluding diaryl/α,β-unsaturated/α-hetero) is 1. The molecule has 84 valence electrons. The van der Waals surface area contributed by atoms with Crippen molar-refractivity contribution in [1.82, 2.24) is 0 Å². The van der Waals surface area contributed by atoms with Crippen LogP contribution in [0.1, 0.15) is 44.9 Å². The Balaban J connectivity index is 1.79. The summed E-state index contributed by atoms with van der Waals surface area (Å²) in [5, 5.41) is 0. The molecule has 2 N–H and O–H groups in total. The van der Waals surface area contributed by atoms with Crippen molar-refractivity contribution in [2.24, 2.45) is 17.6 Å². The van der Waals surface area contributed by atoms with Crippen LogP contribution in [0.15, 0.2) is 12.2 Å². The molecule has 1 saturated carbocycles. The lowest BCUT2D eigenvalue weighted by Gasteiger charge is -2.21. The van der Waals surface area contributed by atoms with Gasteiger partial charge in [0.15, 0.2) is 0 Å². The average Bonchev–Trinajstić information content (AvgIpc) is 2.66. The van der Waals surface area contributed by atoms with E-state index in [1.165, 1.54) is 32.1 Å². The van der Waals surface area contributed by atoms with E-state index < -0.39 is 0 Å². The maximum absolute atomic E-state index is 12.0. The van der Waals surface area contributed by atoms with Gasteiger partial charge in [0.2, 0.25) is 0 Å². The van der Waals surface area contributed by atoms with Crippen molar-refractivity contribution in [2.75, 3.05) is 0 Å². The molecule has 15 heavy (non-hydrogen) atoms. The van der Waals surface area contributed by atoms with Gasteiger partial charge in [0.1, 0.15) is 5.78 Å². The topological polar surface area (TPSA) is 43.1 Å². The fourth-order valence-electron chi connectivity index (χ4n) is 2.79. The van der Waals surface area contributed by atoms with Gasteiger partial charge in [0.05, 0.1) is 0 Å². The molecule has 1 fully saturated rings. The molecule has 0 heterocycles. The van der Waals surface area contributed by atoms with E-state index in [2.05, 4.69) is 0 Å². The Kier molecular flexibility index (Phi) is 3.57. The van der Waals surface area contributed by atoms with Gasteiger partial charge in [-0.25, -0.2) is 0 Å². The highest BCUT2D eigenvalue weighted by atomic mass is 16.1. The standard InChI is InChI=1S/C13H21NO/c14-12-7-6-11(9-12)13(15)8-10-4-2-1-3-5-10/h6-7,10-12H,1-5,8-9,14H2. The van der Waals surface area contributed by atoms with Crippen molar-refractivity contribution in [1.29, 1.82) is 0 Å². The first-order chi connectivity index (χ1) is 7.25. The van der Waals surface area contributed by atoms with E-state index in [0.29, 0.717) is 11.7 Å². The highest BCUT2D eigenvalue weighted by molar-refractivity contribution is 5.83. The van der Waals surface area contributed by atoms with Crippen LogP contribution in [0, 0.1) is 11.8 Å². The van der Waals surface area contributed by atoms with Crippen molar-refractivity contribution in [2.45, 2.75) is 51.0 Å². The summed E-state index contributed by atoms with van der Waals surface area (Å²) in [6.45, 7) is 0. The molecule has 0 bridgehead atoms. The van der Waals surface area contributed by atoms with Crippen LogP contribution in [0.5, 0.6) is 0 Å². The minimum absolute atomic E-state index is 0.116. The molecule has 0 saturated heterocycles. The molecule has 2 heteroatoms. The second-order valence-electron chi connectivity index (χ2n) is 5.07. The average molecular weight is 207 g/mol. The summed E-state index contributed by atoms with van der Waals surface area (Å²) in [6.07, 6.45) is 12.1. The lowest BCUT2D eigenvalue weighted by molar-refractivity contribution is -0.122. The van der Waals surface area contributed by atoms with Gasteiger partial charge in [-0.3, -0.25) is 4.79 Å². The third-order valence-electron chi connectivity index (χ3n) is 3.74. The monoisotopic (exact) mass is 207 g/mol. The molecular formula is C13H21NO. The van der Waals surface area contributed by atoms with E-state index in [1.807, 2.05) is 12.2 Å². The second-order valence-corrected chi connectivity index (χ2v) is 5.07. The van der Waals surface area contributed by atoms with Crippen molar-refractivity contribution in [3.63, 3.8) is 0 Å². The molecule has 0 radical (unpaired) electrons. The lowest BCUT2D eigenvalue weighted by Crippen LogP contribution is -2.21. The van der Waals surface area contributed by atoms with Gasteiger partial charge in [0.25, 0.3) is 0 Å². The molecule has 0 aromatic rings. The van der Waals surface area contributed by atoms with Gasteiger partial charge in [0, 0.05) is 18.4 Å². The Morgan fingerprint density at radius 1 is 1.20 bits per heavy atom. The molecule has 0 aromatic heterocycles. The fourth-order valence-corrected chi connectivity index (χ4v) is 2.79. The summed E-state index contributed by atoms with van der Waals surface area (Å²) in [7, 11) is 0. The molecule has 0 aromatic carbocycles. The highest BCUT2D eigenvalue weighted by Gasteiger charge is 2.25. The van der Waals surface area contributed by atoms with E-state index >= 15 is 0 Å². The molecule has 2 nitrogen and oxygen atoms in total. The molecule has 2 aliphatic carbocycles. The molecule has 2 unspecified atom stereocenters. The largest absolute Gasteiger partial charge is 0.324 e. The number of nitrogens with two attached hydrogens (primary N) is 1. The normalized spacial score (nSPS) is 32.1. The second kappa shape index (κ2) is 4.93. The number of carbonyl (C=O) groups is 1. The SMILES string of the molecule is NC1C=CC(C(=O)CC2CCCCC2)C1. The Morgan fingerprint density at radius 2 is 1.93 bits per heavy atom. The van der Waals surface area contributed by atoms with Crippen LogP contribution in [0.3, 0.4) is 0 Å². The first kappa shape index (κ1) is 10.9. The Hall–Kier alpha value is -0.630. The van der Waals surface area contributed by atoms with Crippen LogP contribution in [0.25, 0.3) is 0 Å². The summed E-state index contributed by atoms with van der Waals surface area (Å²) in [5.41, 5.74) is 5.76. The number of allylic oxidation sites excluding steroid dienone is 1. The van der Waals surface area contributed by atoms with Gasteiger partial charge in [-0.15, -0.1) is 0 Å². The molecule has 0 amide bonds.